The van der Waals surface area contributed by atoms with Gasteiger partial charge in [-0.1, -0.05) is 0 Å². The molecule has 0 aromatic rings. The Morgan fingerprint density at radius 1 is 0.485 bits per heavy atom. The summed E-state index contributed by atoms with van der Waals surface area (Å²) in [6, 6.07) is -1.59. The summed E-state index contributed by atoms with van der Waals surface area (Å²) >= 11 is 2.46. The highest BCUT2D eigenvalue weighted by atomic mass is 32.2. The van der Waals surface area contributed by atoms with Crippen LogP contribution in [0, 0.1) is 0 Å². The van der Waals surface area contributed by atoms with E-state index in [1.807, 2.05) is 0 Å². The predicted octanol–water partition coefficient (Wildman–Crippen LogP) is -1.28. The second-order valence-corrected chi connectivity index (χ2v) is 26.5. The molecule has 0 spiro atoms. The smallest absolute Gasteiger partial charge is 0.253 e. The van der Waals surface area contributed by atoms with E-state index in [0.717, 1.165) is 43.9 Å². The van der Waals surface area contributed by atoms with Crippen LogP contribution in [0.3, 0.4) is 0 Å². The van der Waals surface area contributed by atoms with Crippen LogP contribution in [-0.2, 0) is 115 Å². The van der Waals surface area contributed by atoms with E-state index in [4.69, 9.17) is 37.9 Å². The number of amides is 14. The molecule has 103 heavy (non-hydrogen) atoms. The van der Waals surface area contributed by atoms with Crippen molar-refractivity contribution in [3.8, 4) is 0 Å². The molecule has 4 bridgehead atoms. The summed E-state index contributed by atoms with van der Waals surface area (Å²) in [6.45, 7) is 6.09. The minimum absolute atomic E-state index is 0.0181. The van der Waals surface area contributed by atoms with E-state index in [1.54, 1.807) is 14.1 Å². The summed E-state index contributed by atoms with van der Waals surface area (Å²) in [6.07, 6.45) is 8.67. The fourth-order valence-corrected chi connectivity index (χ4v) is 13.0. The van der Waals surface area contributed by atoms with Crippen molar-refractivity contribution < 1.29 is 115 Å². The lowest BCUT2D eigenvalue weighted by Gasteiger charge is -2.20. The number of ether oxygens (including phenoxy) is 8. The van der Waals surface area contributed by atoms with Crippen LogP contribution >= 0.6 is 23.5 Å². The number of ketones is 2. The molecule has 34 nitrogen and oxygen atoms in total. The highest BCUT2D eigenvalue weighted by Crippen LogP contribution is 2.33. The molecule has 0 saturated carbocycles. The molecule has 5 aliphatic heterocycles. The van der Waals surface area contributed by atoms with Gasteiger partial charge in [-0.05, 0) is 51.4 Å². The second kappa shape index (κ2) is 52.5. The number of carbonyl (C=O) groups excluding carboxylic acids is 16. The van der Waals surface area contributed by atoms with E-state index in [1.165, 1.54) is 23.5 Å². The number of Topliss-reactive ketones (excluding diaryl/α,β-unsaturated/α-hetero) is 2. The monoisotopic (exact) mass is 1490 g/mol. The first-order valence-electron chi connectivity index (χ1n) is 34.9. The summed E-state index contributed by atoms with van der Waals surface area (Å²) in [4.78, 5) is 200. The van der Waals surface area contributed by atoms with Crippen molar-refractivity contribution in [1.29, 1.82) is 0 Å². The standard InChI is InChI=1S/C34H53N5O12S2.C33H49N5O12/c1-35-28(41)9-14-49-16-18-51-20-19-50-17-15-48-13-4-6-25(40)24-5-2-3-10-36-29(42)7-11-38-31(44)21-26(33(38)46)52-23-53-27-22-32(45)39(34(27)47)12-8-30(43)37-24;1-34-27(40)13-18-48-20-22-50-24-23-49-21-19-47-17-4-6-26(39)25(36-29(42)12-16-38-32(45)9-10-33(38)46)5-2-3-14-35-28(41)11-15-37-30(43)7-8-31(37)44/h24,26-27H,2-23H2,1H3,(H,35,41)(H,36,42)(H,37,43);7-10,25H,2-6,11-24H2,1H3,(H,34,40)(H,35,41)(H,36,42). The molecular formula is C67H102N10O24S2. The number of thioether (sulfide) groups is 2. The molecule has 576 valence electrons. The molecule has 0 radical (unpaired) electrons. The molecule has 4 unspecified atom stereocenters. The molecule has 14 amide bonds. The summed E-state index contributed by atoms with van der Waals surface area (Å²) in [5.41, 5.74) is 0. The van der Waals surface area contributed by atoms with Crippen LogP contribution in [0.1, 0.15) is 116 Å². The molecule has 5 rings (SSSR count). The van der Waals surface area contributed by atoms with Gasteiger partial charge in [0, 0.05) is 160 Å². The number of hydrogen-bond acceptors (Lipinski definition) is 26. The first-order chi connectivity index (χ1) is 49.7. The van der Waals surface area contributed by atoms with Gasteiger partial charge in [0.05, 0.1) is 115 Å². The van der Waals surface area contributed by atoms with Crippen molar-refractivity contribution in [2.24, 2.45) is 0 Å². The van der Waals surface area contributed by atoms with Gasteiger partial charge in [-0.2, -0.15) is 0 Å². The molecule has 36 heteroatoms. The summed E-state index contributed by atoms with van der Waals surface area (Å²) in [5.74, 6) is -5.48. The Labute approximate surface area is 608 Å². The Hall–Kier alpha value is -7.42. The van der Waals surface area contributed by atoms with Crippen LogP contribution in [0.25, 0.3) is 0 Å². The third-order valence-electron chi connectivity index (χ3n) is 16.1. The fourth-order valence-electron chi connectivity index (χ4n) is 10.3. The van der Waals surface area contributed by atoms with Gasteiger partial charge in [0.2, 0.25) is 59.1 Å². The lowest BCUT2D eigenvalue weighted by atomic mass is 10.0. The van der Waals surface area contributed by atoms with Gasteiger partial charge >= 0.3 is 0 Å². The number of carbonyl (C=O) groups is 16. The van der Waals surface area contributed by atoms with Gasteiger partial charge < -0.3 is 69.8 Å². The van der Waals surface area contributed by atoms with E-state index >= 15 is 0 Å². The van der Waals surface area contributed by atoms with E-state index in [-0.39, 0.29) is 130 Å². The van der Waals surface area contributed by atoms with Gasteiger partial charge in [0.25, 0.3) is 23.6 Å². The lowest BCUT2D eigenvalue weighted by Crippen LogP contribution is -2.43. The predicted molar refractivity (Wildman–Crippen MR) is 370 cm³/mol. The Morgan fingerprint density at radius 3 is 1.38 bits per heavy atom. The van der Waals surface area contributed by atoms with Crippen molar-refractivity contribution in [2.75, 3.05) is 164 Å². The van der Waals surface area contributed by atoms with Crippen molar-refractivity contribution in [1.82, 2.24) is 51.5 Å². The number of rotatable bonds is 46. The average molecular weight is 1500 g/mol. The van der Waals surface area contributed by atoms with Gasteiger partial charge in [-0.15, -0.1) is 23.5 Å². The Morgan fingerprint density at radius 2 is 0.913 bits per heavy atom. The molecule has 4 atom stereocenters. The van der Waals surface area contributed by atoms with Crippen LogP contribution < -0.4 is 31.9 Å². The fraction of sp³-hybridized carbons (Fsp3) is 0.701. The summed E-state index contributed by atoms with van der Waals surface area (Å²) in [5, 5.41) is 15.1. The van der Waals surface area contributed by atoms with Gasteiger partial charge in [-0.25, -0.2) is 0 Å². The zero-order chi connectivity index (χ0) is 75.0. The molecular weight excluding hydrogens is 1390 g/mol. The third-order valence-corrected chi connectivity index (χ3v) is 18.7. The molecule has 3 saturated heterocycles. The quantitative estimate of drug-likeness (QED) is 0.0305. The molecule has 0 aromatic heterocycles. The van der Waals surface area contributed by atoms with Crippen molar-refractivity contribution in [3.05, 3.63) is 24.3 Å². The maximum absolute atomic E-state index is 13.2. The number of imide groups is 4. The largest absolute Gasteiger partial charge is 0.379 e. The molecule has 6 N–H and O–H groups in total. The van der Waals surface area contributed by atoms with Crippen LogP contribution in [0.15, 0.2) is 24.3 Å². The maximum Gasteiger partial charge on any atom is 0.253 e. The van der Waals surface area contributed by atoms with Crippen LogP contribution in [0.5, 0.6) is 0 Å². The highest BCUT2D eigenvalue weighted by molar-refractivity contribution is 8.17. The zero-order valence-electron chi connectivity index (χ0n) is 59.0. The van der Waals surface area contributed by atoms with E-state index in [2.05, 4.69) is 31.9 Å². The lowest BCUT2D eigenvalue weighted by molar-refractivity contribution is -0.140. The number of fused-ring (bicyclic) bond motifs is 4. The molecule has 0 aliphatic carbocycles. The van der Waals surface area contributed by atoms with Crippen LogP contribution in [0.4, 0.5) is 0 Å². The number of nitrogens with zero attached hydrogens (tertiary/aromatic N) is 4. The molecule has 5 heterocycles. The minimum Gasteiger partial charge on any atom is -0.379 e. The van der Waals surface area contributed by atoms with E-state index in [0.29, 0.717) is 188 Å². The summed E-state index contributed by atoms with van der Waals surface area (Å²) < 4.78 is 43.4. The van der Waals surface area contributed by atoms with Crippen molar-refractivity contribution >= 4 is 118 Å². The van der Waals surface area contributed by atoms with Gasteiger partial charge in [0.1, 0.15) is 0 Å². The average Bonchev–Trinajstić information content (AvgIpc) is 1.71. The normalized spacial score (nSPS) is 18.7. The van der Waals surface area contributed by atoms with Crippen LogP contribution in [-0.4, -0.2) is 301 Å². The maximum atomic E-state index is 13.2. The van der Waals surface area contributed by atoms with Crippen molar-refractivity contribution in [2.45, 2.75) is 138 Å². The van der Waals surface area contributed by atoms with E-state index < -0.39 is 63.9 Å². The third kappa shape index (κ3) is 36.7. The molecule has 3 fully saturated rings. The number of nitrogens with one attached hydrogen (secondary N) is 6. The zero-order valence-corrected chi connectivity index (χ0v) is 60.6. The van der Waals surface area contributed by atoms with Crippen LogP contribution in [0.2, 0.25) is 0 Å². The van der Waals surface area contributed by atoms with Gasteiger partial charge in [0.15, 0.2) is 11.6 Å². The first kappa shape index (κ1) is 88.0. The first-order valence-corrected chi connectivity index (χ1v) is 37.0. The summed E-state index contributed by atoms with van der Waals surface area (Å²) in [7, 11) is 3.14. The number of unbranched alkanes of at least 4 members (excludes halogenated alkanes) is 1. The second-order valence-electron chi connectivity index (χ2n) is 23.7. The SMILES string of the molecule is CNC(=O)CCOCCOCCOCCOCCCC(=O)C(CCCCNC(=O)CCN1C(=O)C=CC1=O)NC(=O)CCN1C(=O)C=CC1=O.CNC(=O)CCOCCOCCOCCOCCCC(=O)C1CCCCNC(=O)CCN2C(=O)CC(SCSC3CC(=O)N(CCC(=O)N1)C3=O)C2=O. The number of hydrogen-bond donors (Lipinski definition) is 6. The Bertz CT molecular complexity index is 2850. The topological polar surface area (TPSA) is 432 Å². The molecule has 0 aromatic carbocycles. The minimum atomic E-state index is -0.800. The Kier molecular flexibility index (Phi) is 44.9. The van der Waals surface area contributed by atoms with Gasteiger partial charge in [-0.3, -0.25) is 96.3 Å². The highest BCUT2D eigenvalue weighted by Gasteiger charge is 2.42. The van der Waals surface area contributed by atoms with E-state index in [9.17, 15) is 76.7 Å². The Balaban J connectivity index is 0.000000437. The van der Waals surface area contributed by atoms with Crippen molar-refractivity contribution in [3.63, 3.8) is 0 Å². The molecule has 5 aliphatic rings.